The van der Waals surface area contributed by atoms with E-state index < -0.39 is 5.54 Å². The molecule has 1 fully saturated rings. The molecule has 1 aromatic carbocycles. The third-order valence-electron chi connectivity index (χ3n) is 5.30. The molecule has 1 unspecified atom stereocenters. The van der Waals surface area contributed by atoms with Crippen LogP contribution in [0.25, 0.3) is 10.6 Å². The lowest BCUT2D eigenvalue weighted by atomic mass is 9.80. The van der Waals surface area contributed by atoms with E-state index in [-0.39, 0.29) is 18.5 Å². The first-order valence-electron chi connectivity index (χ1n) is 8.98. The molecule has 1 saturated heterocycles. The number of fused-ring (bicyclic) bond motifs is 2. The molecule has 2 aromatic heterocycles. The average Bonchev–Trinajstić information content (AvgIpc) is 3.40. The van der Waals surface area contributed by atoms with Gasteiger partial charge in [0.2, 0.25) is 0 Å². The predicted molar refractivity (Wildman–Crippen MR) is 111 cm³/mol. The van der Waals surface area contributed by atoms with Crippen molar-refractivity contribution in [2.24, 2.45) is 0 Å². The fourth-order valence-electron chi connectivity index (χ4n) is 3.95. The third kappa shape index (κ3) is 2.77. The van der Waals surface area contributed by atoms with E-state index in [2.05, 4.69) is 10.3 Å². The van der Waals surface area contributed by atoms with E-state index in [1.165, 1.54) is 21.1 Å². The molecule has 8 heteroatoms. The van der Waals surface area contributed by atoms with E-state index >= 15 is 0 Å². The van der Waals surface area contributed by atoms with Crippen LogP contribution in [-0.2, 0) is 23.3 Å². The fraction of sp³-hybridized carbons (Fsp3) is 0.250. The first-order valence-corrected chi connectivity index (χ1v) is 11.1. The van der Waals surface area contributed by atoms with Gasteiger partial charge in [0.15, 0.2) is 0 Å². The van der Waals surface area contributed by atoms with E-state index in [0.717, 1.165) is 29.0 Å². The normalized spacial score (nSPS) is 21.2. The maximum Gasteiger partial charge on any atom is 0.325 e. The molecule has 1 N–H and O–H groups in total. The summed E-state index contributed by atoms with van der Waals surface area (Å²) in [5.74, 6) is -0.169. The lowest BCUT2D eigenvalue weighted by molar-refractivity contribution is -0.132. The van der Waals surface area contributed by atoms with Crippen molar-refractivity contribution >= 4 is 46.2 Å². The number of imide groups is 1. The molecule has 28 heavy (non-hydrogen) atoms. The Morgan fingerprint density at radius 1 is 1.18 bits per heavy atom. The Morgan fingerprint density at radius 2 is 2.00 bits per heavy atom. The van der Waals surface area contributed by atoms with E-state index in [1.54, 1.807) is 11.3 Å². The van der Waals surface area contributed by atoms with Crippen LogP contribution < -0.4 is 5.32 Å². The van der Waals surface area contributed by atoms with E-state index in [1.807, 2.05) is 41.1 Å². The summed E-state index contributed by atoms with van der Waals surface area (Å²) in [5.41, 5.74) is 1.73. The number of rotatable bonds is 3. The number of halogens is 1. The van der Waals surface area contributed by atoms with Gasteiger partial charge >= 0.3 is 6.03 Å². The molecule has 5 rings (SSSR count). The van der Waals surface area contributed by atoms with Gasteiger partial charge < -0.3 is 5.32 Å². The lowest BCUT2D eigenvalue weighted by Crippen LogP contribution is -2.46. The van der Waals surface area contributed by atoms with Gasteiger partial charge in [0.25, 0.3) is 5.91 Å². The predicted octanol–water partition coefficient (Wildman–Crippen LogP) is 4.81. The van der Waals surface area contributed by atoms with Gasteiger partial charge in [0.1, 0.15) is 10.5 Å². The second kappa shape index (κ2) is 6.69. The number of nitrogens with zero attached hydrogens (tertiary/aromatic N) is 2. The number of amides is 3. The van der Waals surface area contributed by atoms with Crippen molar-refractivity contribution in [1.29, 1.82) is 0 Å². The number of thiophene rings is 1. The highest BCUT2D eigenvalue weighted by molar-refractivity contribution is 7.13. The van der Waals surface area contributed by atoms with E-state index in [9.17, 15) is 9.59 Å². The largest absolute Gasteiger partial charge is 0.325 e. The van der Waals surface area contributed by atoms with Gasteiger partial charge in [-0.2, -0.15) is 0 Å². The smallest absolute Gasteiger partial charge is 0.319 e. The molecule has 1 spiro atoms. The number of hydrogen-bond acceptors (Lipinski definition) is 5. The van der Waals surface area contributed by atoms with Gasteiger partial charge in [-0.25, -0.2) is 9.78 Å². The number of thiazole rings is 1. The monoisotopic (exact) mass is 429 g/mol. The number of urea groups is 1. The Balaban J connectivity index is 1.41. The van der Waals surface area contributed by atoms with Crippen LogP contribution in [0.2, 0.25) is 5.02 Å². The van der Waals surface area contributed by atoms with Crippen LogP contribution in [-0.4, -0.2) is 21.8 Å². The third-order valence-corrected chi connectivity index (χ3v) is 7.47. The second-order valence-electron chi connectivity index (χ2n) is 6.99. The zero-order chi connectivity index (χ0) is 19.3. The number of benzene rings is 1. The van der Waals surface area contributed by atoms with Gasteiger partial charge in [-0.1, -0.05) is 23.7 Å². The molecular formula is C20H16ClN3O2S2. The van der Waals surface area contributed by atoms with Crippen LogP contribution in [0.4, 0.5) is 4.79 Å². The molecule has 3 aromatic rings. The van der Waals surface area contributed by atoms with Crippen LogP contribution in [0.15, 0.2) is 41.1 Å². The van der Waals surface area contributed by atoms with Gasteiger partial charge in [0, 0.05) is 26.4 Å². The number of hydrogen-bond donors (Lipinski definition) is 1. The first-order chi connectivity index (χ1) is 13.6. The Kier molecular flexibility index (Phi) is 4.26. The SMILES string of the molecule is O=C1NC2(CCCc3sccc32)C(=O)N1Cc1csc(-c2ccc(Cl)cc2)n1. The minimum atomic E-state index is -0.903. The quantitative estimate of drug-likeness (QED) is 0.608. The maximum absolute atomic E-state index is 13.3. The van der Waals surface area contributed by atoms with Crippen molar-refractivity contribution in [3.8, 4) is 10.6 Å². The zero-order valence-electron chi connectivity index (χ0n) is 14.8. The van der Waals surface area contributed by atoms with Gasteiger partial charge in [0.05, 0.1) is 12.2 Å². The minimum absolute atomic E-state index is 0.169. The molecule has 5 nitrogen and oxygen atoms in total. The number of aromatic nitrogens is 1. The molecule has 1 aliphatic carbocycles. The van der Waals surface area contributed by atoms with Crippen molar-refractivity contribution in [2.75, 3.05) is 0 Å². The van der Waals surface area contributed by atoms with Gasteiger partial charge in [-0.05, 0) is 42.8 Å². The van der Waals surface area contributed by atoms with Crippen LogP contribution >= 0.6 is 34.3 Å². The van der Waals surface area contributed by atoms with Crippen LogP contribution in [0.5, 0.6) is 0 Å². The zero-order valence-corrected chi connectivity index (χ0v) is 17.2. The number of aryl methyl sites for hydroxylation is 1. The van der Waals surface area contributed by atoms with E-state index in [4.69, 9.17) is 11.6 Å². The molecule has 0 saturated carbocycles. The van der Waals surface area contributed by atoms with E-state index in [0.29, 0.717) is 17.1 Å². The molecule has 2 aliphatic rings. The maximum atomic E-state index is 13.3. The standard InChI is InChI=1S/C20H16ClN3O2S2/c21-13-5-3-12(4-6-13)17-22-14(11-28-17)10-24-18(25)20(23-19(24)26)8-1-2-16-15(20)7-9-27-16/h3-7,9,11H,1-2,8,10H2,(H,23,26). The Labute approximate surface area is 175 Å². The molecule has 1 aliphatic heterocycles. The summed E-state index contributed by atoms with van der Waals surface area (Å²) in [7, 11) is 0. The summed E-state index contributed by atoms with van der Waals surface area (Å²) in [6, 6.07) is 9.09. The summed E-state index contributed by atoms with van der Waals surface area (Å²) in [6.45, 7) is 0.177. The highest BCUT2D eigenvalue weighted by Gasteiger charge is 2.54. The van der Waals surface area contributed by atoms with Crippen LogP contribution in [0.3, 0.4) is 0 Å². The molecule has 3 amide bonds. The topological polar surface area (TPSA) is 62.3 Å². The van der Waals surface area contributed by atoms with Crippen molar-refractivity contribution in [3.63, 3.8) is 0 Å². The molecule has 0 bridgehead atoms. The number of nitrogens with one attached hydrogen (secondary N) is 1. The molecule has 3 heterocycles. The summed E-state index contributed by atoms with van der Waals surface area (Å²) < 4.78 is 0. The molecule has 0 radical (unpaired) electrons. The van der Waals surface area contributed by atoms with Crippen LogP contribution in [0, 0.1) is 0 Å². The average molecular weight is 430 g/mol. The first kappa shape index (κ1) is 17.8. The lowest BCUT2D eigenvalue weighted by Gasteiger charge is -2.31. The molecule has 142 valence electrons. The summed E-state index contributed by atoms with van der Waals surface area (Å²) >= 11 is 9.09. The number of carbonyl (C=O) groups is 2. The molecule has 1 atom stereocenters. The minimum Gasteiger partial charge on any atom is -0.319 e. The van der Waals surface area contributed by atoms with Crippen molar-refractivity contribution in [3.05, 3.63) is 62.2 Å². The van der Waals surface area contributed by atoms with Crippen molar-refractivity contribution in [1.82, 2.24) is 15.2 Å². The summed E-state index contributed by atoms with van der Waals surface area (Å²) in [4.78, 5) is 33.1. The summed E-state index contributed by atoms with van der Waals surface area (Å²) in [5, 5.41) is 8.39. The van der Waals surface area contributed by atoms with Gasteiger partial charge in [-0.15, -0.1) is 22.7 Å². The van der Waals surface area contributed by atoms with Crippen molar-refractivity contribution in [2.45, 2.75) is 31.3 Å². The summed E-state index contributed by atoms with van der Waals surface area (Å²) in [6.07, 6.45) is 2.50. The highest BCUT2D eigenvalue weighted by Crippen LogP contribution is 2.42. The second-order valence-corrected chi connectivity index (χ2v) is 9.28. The molecular weight excluding hydrogens is 414 g/mol. The highest BCUT2D eigenvalue weighted by atomic mass is 35.5. The van der Waals surface area contributed by atoms with Crippen molar-refractivity contribution < 1.29 is 9.59 Å². The van der Waals surface area contributed by atoms with Gasteiger partial charge in [-0.3, -0.25) is 9.69 Å². The Hall–Kier alpha value is -2.22. The Morgan fingerprint density at radius 3 is 2.82 bits per heavy atom. The Bertz CT molecular complexity index is 1080. The van der Waals surface area contributed by atoms with Crippen LogP contribution in [0.1, 0.15) is 29.0 Å². The fourth-order valence-corrected chi connectivity index (χ4v) is 5.89. The number of carbonyl (C=O) groups excluding carboxylic acids is 2.